The SMILES string of the molecule is c1ccc(-c2ccc(-c3nc(-c4ccccc4)nc(-c4ccc5c(c4)C4(c6ccccc6-c6ccccc64)c4nc6ccccc6n4-5)n3)cc2)cc1. The Morgan fingerprint density at radius 2 is 0.846 bits per heavy atom. The molecule has 7 aromatic carbocycles. The standard InChI is InChI=1S/C47H29N5/c1-3-13-30(14-4-1)31-23-25-33(26-24-31)44-49-43(32-15-5-2-6-16-32)50-45(51-44)34-27-28-41-39(29-34)47(46-48-40-21-11-12-22-42(40)52(41)46)37-19-9-7-17-35(37)36-18-8-10-20-38(36)47/h1-29H. The summed E-state index contributed by atoms with van der Waals surface area (Å²) in [4.78, 5) is 20.7. The first-order chi connectivity index (χ1) is 25.8. The van der Waals surface area contributed by atoms with Crippen LogP contribution in [0.1, 0.15) is 22.5 Å². The van der Waals surface area contributed by atoms with Gasteiger partial charge >= 0.3 is 0 Å². The Hall–Kier alpha value is -6.98. The molecule has 5 nitrogen and oxygen atoms in total. The van der Waals surface area contributed by atoms with E-state index in [4.69, 9.17) is 19.9 Å². The van der Waals surface area contributed by atoms with Gasteiger partial charge in [0.05, 0.1) is 16.7 Å². The van der Waals surface area contributed by atoms with Crippen molar-refractivity contribution in [2.45, 2.75) is 5.41 Å². The zero-order valence-corrected chi connectivity index (χ0v) is 28.0. The molecule has 3 heterocycles. The predicted octanol–water partition coefficient (Wildman–Crippen LogP) is 10.6. The summed E-state index contributed by atoms with van der Waals surface area (Å²) in [6.45, 7) is 0. The lowest BCUT2D eigenvalue weighted by Gasteiger charge is -2.27. The fourth-order valence-electron chi connectivity index (χ4n) is 8.37. The van der Waals surface area contributed by atoms with E-state index in [1.807, 2.05) is 24.3 Å². The molecule has 0 N–H and O–H groups in total. The van der Waals surface area contributed by atoms with Crippen LogP contribution in [0, 0.1) is 0 Å². The van der Waals surface area contributed by atoms with Crippen molar-refractivity contribution in [3.63, 3.8) is 0 Å². The number of aromatic nitrogens is 5. The highest BCUT2D eigenvalue weighted by molar-refractivity contribution is 5.92. The molecule has 242 valence electrons. The Morgan fingerprint density at radius 1 is 0.365 bits per heavy atom. The van der Waals surface area contributed by atoms with Crippen LogP contribution in [0.15, 0.2) is 176 Å². The van der Waals surface area contributed by atoms with Crippen LogP contribution < -0.4 is 0 Å². The van der Waals surface area contributed by atoms with Crippen LogP contribution in [-0.2, 0) is 5.41 Å². The summed E-state index contributed by atoms with van der Waals surface area (Å²) < 4.78 is 2.36. The second kappa shape index (κ2) is 11.0. The van der Waals surface area contributed by atoms with Crippen molar-refractivity contribution in [2.24, 2.45) is 0 Å². The van der Waals surface area contributed by atoms with Gasteiger partial charge in [-0.1, -0.05) is 146 Å². The van der Waals surface area contributed by atoms with Gasteiger partial charge in [0, 0.05) is 16.7 Å². The highest BCUT2D eigenvalue weighted by Gasteiger charge is 2.54. The van der Waals surface area contributed by atoms with Gasteiger partial charge in [-0.3, -0.25) is 4.57 Å². The molecule has 0 unspecified atom stereocenters. The average molecular weight is 664 g/mol. The molecule has 5 heteroatoms. The largest absolute Gasteiger partial charge is 0.295 e. The quantitative estimate of drug-likeness (QED) is 0.188. The van der Waals surface area contributed by atoms with Crippen molar-refractivity contribution in [2.75, 3.05) is 0 Å². The number of nitrogens with zero attached hydrogens (tertiary/aromatic N) is 5. The Labute approximate surface area is 300 Å². The smallest absolute Gasteiger partial charge is 0.164 e. The first-order valence-electron chi connectivity index (χ1n) is 17.6. The molecule has 0 amide bonds. The number of rotatable bonds is 4. The Balaban J connectivity index is 1.15. The fourth-order valence-corrected chi connectivity index (χ4v) is 8.37. The molecular weight excluding hydrogens is 635 g/mol. The fraction of sp³-hybridized carbons (Fsp3) is 0.0213. The molecule has 1 spiro atoms. The van der Waals surface area contributed by atoms with Crippen LogP contribution in [-0.4, -0.2) is 24.5 Å². The molecule has 0 saturated carbocycles. The van der Waals surface area contributed by atoms with Gasteiger partial charge in [-0.05, 0) is 69.3 Å². The molecule has 2 aromatic heterocycles. The maximum atomic E-state index is 5.40. The second-order valence-corrected chi connectivity index (χ2v) is 13.4. The minimum absolute atomic E-state index is 0.608. The van der Waals surface area contributed by atoms with Crippen molar-refractivity contribution < 1.29 is 0 Å². The molecule has 2 aliphatic rings. The third-order valence-electron chi connectivity index (χ3n) is 10.7. The molecule has 0 bridgehead atoms. The molecular formula is C47H29N5. The van der Waals surface area contributed by atoms with E-state index in [-0.39, 0.29) is 0 Å². The second-order valence-electron chi connectivity index (χ2n) is 13.4. The van der Waals surface area contributed by atoms with E-state index in [2.05, 4.69) is 156 Å². The van der Waals surface area contributed by atoms with Crippen LogP contribution in [0.5, 0.6) is 0 Å². The average Bonchev–Trinajstić information content (AvgIpc) is 3.85. The topological polar surface area (TPSA) is 56.5 Å². The van der Waals surface area contributed by atoms with Gasteiger partial charge in [0.15, 0.2) is 17.5 Å². The summed E-state index contributed by atoms with van der Waals surface area (Å²) in [7, 11) is 0. The van der Waals surface area contributed by atoms with Gasteiger partial charge in [0.2, 0.25) is 0 Å². The normalized spacial score (nSPS) is 13.2. The summed E-state index contributed by atoms with van der Waals surface area (Å²) in [6, 6.07) is 61.7. The monoisotopic (exact) mass is 663 g/mol. The van der Waals surface area contributed by atoms with Gasteiger partial charge in [-0.15, -0.1) is 0 Å². The van der Waals surface area contributed by atoms with Crippen molar-refractivity contribution in [3.05, 3.63) is 198 Å². The molecule has 52 heavy (non-hydrogen) atoms. The predicted molar refractivity (Wildman–Crippen MR) is 207 cm³/mol. The first kappa shape index (κ1) is 28.8. The highest BCUT2D eigenvalue weighted by Crippen LogP contribution is 2.60. The number of imidazole rings is 1. The molecule has 11 rings (SSSR count). The van der Waals surface area contributed by atoms with E-state index in [0.29, 0.717) is 17.5 Å². The zero-order valence-electron chi connectivity index (χ0n) is 28.0. The number of fused-ring (bicyclic) bond motifs is 12. The zero-order chi connectivity index (χ0) is 34.2. The van der Waals surface area contributed by atoms with Crippen molar-refractivity contribution in [3.8, 4) is 62.1 Å². The summed E-state index contributed by atoms with van der Waals surface area (Å²) in [5, 5.41) is 0. The number of hydrogen-bond donors (Lipinski definition) is 0. The number of benzene rings is 7. The molecule has 1 aliphatic heterocycles. The van der Waals surface area contributed by atoms with Crippen LogP contribution in [0.2, 0.25) is 0 Å². The van der Waals surface area contributed by atoms with E-state index in [9.17, 15) is 0 Å². The van der Waals surface area contributed by atoms with Crippen molar-refractivity contribution >= 4 is 11.0 Å². The third kappa shape index (κ3) is 4.05. The van der Waals surface area contributed by atoms with Crippen LogP contribution in [0.25, 0.3) is 73.1 Å². The van der Waals surface area contributed by atoms with E-state index < -0.39 is 5.41 Å². The van der Waals surface area contributed by atoms with Crippen LogP contribution in [0.3, 0.4) is 0 Å². The maximum Gasteiger partial charge on any atom is 0.164 e. The minimum Gasteiger partial charge on any atom is -0.295 e. The Morgan fingerprint density at radius 3 is 1.52 bits per heavy atom. The third-order valence-corrected chi connectivity index (χ3v) is 10.7. The highest BCUT2D eigenvalue weighted by atomic mass is 15.1. The summed E-state index contributed by atoms with van der Waals surface area (Å²) >= 11 is 0. The summed E-state index contributed by atoms with van der Waals surface area (Å²) in [5.41, 5.74) is 13.8. The molecule has 0 radical (unpaired) electrons. The Kier molecular flexibility index (Phi) is 6.10. The van der Waals surface area contributed by atoms with Gasteiger partial charge in [0.1, 0.15) is 11.2 Å². The van der Waals surface area contributed by atoms with Crippen molar-refractivity contribution in [1.29, 1.82) is 0 Å². The Bertz CT molecular complexity index is 2790. The van der Waals surface area contributed by atoms with E-state index in [1.54, 1.807) is 0 Å². The van der Waals surface area contributed by atoms with Crippen LogP contribution >= 0.6 is 0 Å². The van der Waals surface area contributed by atoms with E-state index >= 15 is 0 Å². The molecule has 0 atom stereocenters. The van der Waals surface area contributed by atoms with Crippen LogP contribution in [0.4, 0.5) is 0 Å². The van der Waals surface area contributed by atoms with E-state index in [0.717, 1.165) is 44.8 Å². The van der Waals surface area contributed by atoms with Gasteiger partial charge < -0.3 is 0 Å². The number of para-hydroxylation sites is 2. The molecule has 0 saturated heterocycles. The van der Waals surface area contributed by atoms with Crippen molar-refractivity contribution in [1.82, 2.24) is 24.5 Å². The number of hydrogen-bond acceptors (Lipinski definition) is 4. The van der Waals surface area contributed by atoms with Gasteiger partial charge in [-0.2, -0.15) is 0 Å². The van der Waals surface area contributed by atoms with Gasteiger partial charge in [0.25, 0.3) is 0 Å². The lowest BCUT2D eigenvalue weighted by Crippen LogP contribution is -2.27. The van der Waals surface area contributed by atoms with Gasteiger partial charge in [-0.25, -0.2) is 19.9 Å². The van der Waals surface area contributed by atoms with E-state index in [1.165, 1.54) is 33.4 Å². The lowest BCUT2D eigenvalue weighted by molar-refractivity contribution is 0.738. The lowest BCUT2D eigenvalue weighted by atomic mass is 9.72. The molecule has 0 fully saturated rings. The summed E-state index contributed by atoms with van der Waals surface area (Å²) in [5.74, 6) is 2.91. The summed E-state index contributed by atoms with van der Waals surface area (Å²) in [6.07, 6.45) is 0. The maximum absolute atomic E-state index is 5.40. The first-order valence-corrected chi connectivity index (χ1v) is 17.6. The minimum atomic E-state index is -0.608. The molecule has 1 aliphatic carbocycles. The molecule has 9 aromatic rings.